The first-order valence-electron chi connectivity index (χ1n) is 16.9. The van der Waals surface area contributed by atoms with Gasteiger partial charge in [0.15, 0.2) is 0 Å². The lowest BCUT2D eigenvalue weighted by Crippen LogP contribution is -2.48. The summed E-state index contributed by atoms with van der Waals surface area (Å²) in [5.41, 5.74) is 7.40. The fourth-order valence-electron chi connectivity index (χ4n) is 7.99. The quantitative estimate of drug-likeness (QED) is 0.226. The van der Waals surface area contributed by atoms with E-state index in [1.807, 2.05) is 12.1 Å². The van der Waals surface area contributed by atoms with Crippen LogP contribution in [0.1, 0.15) is 88.7 Å². The molecule has 0 fully saturated rings. The monoisotopic (exact) mass is 532 g/mol. The first-order valence-corrected chi connectivity index (χ1v) is 14.4. The van der Waals surface area contributed by atoms with Crippen LogP contribution >= 0.6 is 0 Å². The molecular formula is C38H41NO. The number of hydrogen-bond donors (Lipinski definition) is 0. The Bertz CT molecular complexity index is 2000. The van der Waals surface area contributed by atoms with E-state index < -0.39 is 18.6 Å². The lowest BCUT2D eigenvalue weighted by molar-refractivity contribution is 0.0889. The molecule has 2 aliphatic carbocycles. The number of fused-ring (bicyclic) bond motifs is 5. The second kappa shape index (κ2) is 8.09. The third-order valence-corrected chi connectivity index (χ3v) is 10.2. The van der Waals surface area contributed by atoms with Crippen LogP contribution in [0.25, 0.3) is 33.2 Å². The number of benzene rings is 3. The fourth-order valence-corrected chi connectivity index (χ4v) is 7.99. The fraction of sp³-hybridized carbons (Fsp3) is 0.395. The van der Waals surface area contributed by atoms with Gasteiger partial charge in [-0.05, 0) is 105 Å². The minimum absolute atomic E-state index is 0.0443. The molecule has 0 amide bonds. The molecule has 5 aromatic rings. The third-order valence-electron chi connectivity index (χ3n) is 10.2. The van der Waals surface area contributed by atoms with Crippen LogP contribution in [0.4, 0.5) is 0 Å². The Labute approximate surface area is 245 Å². The second-order valence-electron chi connectivity index (χ2n) is 14.1. The van der Waals surface area contributed by atoms with E-state index in [1.54, 1.807) is 26.8 Å². The molecule has 40 heavy (non-hydrogen) atoms. The molecule has 2 aromatic heterocycles. The van der Waals surface area contributed by atoms with Crippen molar-refractivity contribution in [1.82, 2.24) is 4.98 Å². The first kappa shape index (κ1) is 20.5. The summed E-state index contributed by atoms with van der Waals surface area (Å²) in [5, 5.41) is 2.02. The maximum atomic E-state index is 8.98. The molecule has 204 valence electrons. The molecule has 0 atom stereocenters. The van der Waals surface area contributed by atoms with Crippen LogP contribution in [0, 0.1) is 17.7 Å². The minimum atomic E-state index is -2.50. The molecule has 0 aliphatic heterocycles. The Hall–Kier alpha value is -3.39. The van der Waals surface area contributed by atoms with Crippen molar-refractivity contribution in [1.29, 1.82) is 0 Å². The SMILES string of the molecule is [2H]C([2H])([2H])c1cnc(-c2cccc3c2oc2cc4c(cc23)C(C)(C)C2(Cc3ccccc3C2)C4(C)C)cc1C([2H])([2H])C(C)(C)C. The highest BCUT2D eigenvalue weighted by Crippen LogP contribution is 2.67. The second-order valence-corrected chi connectivity index (χ2v) is 14.1. The molecule has 1 spiro atoms. The standard InChI is InChI=1S/C38H41NO/c1-23-22-39-32(16-26(23)19-35(2,3)4)28-15-11-14-27-29-17-30-31(18-33(29)40-34(27)28)37(7,8)38(36(30,5)6)20-24-12-9-10-13-25(24)21-38/h9-18,22H,19-21H2,1-8H3/i1D3,19D2. The van der Waals surface area contributed by atoms with Crippen LogP contribution in [0.3, 0.4) is 0 Å². The van der Waals surface area contributed by atoms with Crippen LogP contribution < -0.4 is 0 Å². The van der Waals surface area contributed by atoms with E-state index in [0.29, 0.717) is 16.8 Å². The van der Waals surface area contributed by atoms with Crippen LogP contribution in [-0.2, 0) is 30.0 Å². The van der Waals surface area contributed by atoms with E-state index >= 15 is 0 Å². The average Bonchev–Trinajstić information content (AvgIpc) is 3.57. The van der Waals surface area contributed by atoms with Gasteiger partial charge in [0.1, 0.15) is 11.2 Å². The molecule has 2 nitrogen and oxygen atoms in total. The van der Waals surface area contributed by atoms with E-state index in [1.165, 1.54) is 28.5 Å². The molecule has 0 radical (unpaired) electrons. The maximum absolute atomic E-state index is 8.98. The highest BCUT2D eigenvalue weighted by molar-refractivity contribution is 6.10. The molecule has 2 aliphatic rings. The Morgan fingerprint density at radius 2 is 1.55 bits per heavy atom. The minimum Gasteiger partial charge on any atom is -0.455 e. The number of pyridine rings is 1. The number of nitrogens with zero attached hydrogens (tertiary/aromatic N) is 1. The van der Waals surface area contributed by atoms with Crippen LogP contribution in [0.2, 0.25) is 0 Å². The van der Waals surface area contributed by atoms with E-state index in [-0.39, 0.29) is 27.4 Å². The van der Waals surface area contributed by atoms with Gasteiger partial charge in [-0.1, -0.05) is 84.9 Å². The zero-order valence-corrected chi connectivity index (χ0v) is 24.6. The number of para-hydroxylation sites is 1. The first-order chi connectivity index (χ1) is 20.8. The predicted molar refractivity (Wildman–Crippen MR) is 167 cm³/mol. The van der Waals surface area contributed by atoms with Crippen molar-refractivity contribution >= 4 is 21.9 Å². The summed E-state index contributed by atoms with van der Waals surface area (Å²) < 4.78 is 49.0. The number of aromatic nitrogens is 1. The van der Waals surface area contributed by atoms with Crippen molar-refractivity contribution in [2.75, 3.05) is 0 Å². The third kappa shape index (κ3) is 3.38. The molecule has 0 bridgehead atoms. The molecule has 7 rings (SSSR count). The van der Waals surface area contributed by atoms with Gasteiger partial charge in [-0.2, -0.15) is 0 Å². The van der Waals surface area contributed by atoms with Gasteiger partial charge in [-0.15, -0.1) is 0 Å². The summed E-state index contributed by atoms with van der Waals surface area (Å²) in [5.74, 6) is 0. The smallest absolute Gasteiger partial charge is 0.144 e. The molecule has 0 saturated carbocycles. The van der Waals surface area contributed by atoms with Gasteiger partial charge < -0.3 is 4.42 Å². The van der Waals surface area contributed by atoms with Crippen LogP contribution in [0.5, 0.6) is 0 Å². The number of furan rings is 1. The van der Waals surface area contributed by atoms with E-state index in [2.05, 4.69) is 75.1 Å². The maximum Gasteiger partial charge on any atom is 0.144 e. The molecule has 0 N–H and O–H groups in total. The molecule has 3 aromatic carbocycles. The van der Waals surface area contributed by atoms with Gasteiger partial charge in [0.25, 0.3) is 0 Å². The molecular weight excluding hydrogens is 486 g/mol. The van der Waals surface area contributed by atoms with Crippen molar-refractivity contribution in [3.8, 4) is 11.3 Å². The molecule has 2 heteroatoms. The van der Waals surface area contributed by atoms with E-state index in [4.69, 9.17) is 11.3 Å². The highest BCUT2D eigenvalue weighted by Gasteiger charge is 2.63. The number of aryl methyl sites for hydroxylation is 1. The summed E-state index contributed by atoms with van der Waals surface area (Å²) in [6.45, 7) is 12.5. The van der Waals surface area contributed by atoms with Crippen LogP contribution in [-0.4, -0.2) is 4.98 Å². The van der Waals surface area contributed by atoms with Gasteiger partial charge in [0, 0.05) is 29.4 Å². The largest absolute Gasteiger partial charge is 0.455 e. The Kier molecular flexibility index (Phi) is 4.14. The molecule has 0 saturated heterocycles. The van der Waals surface area contributed by atoms with E-state index in [0.717, 1.165) is 29.2 Å². The molecule has 2 heterocycles. The zero-order valence-electron chi connectivity index (χ0n) is 29.6. The normalized spacial score (nSPS) is 21.0. The Morgan fingerprint density at radius 3 is 2.20 bits per heavy atom. The Morgan fingerprint density at radius 1 is 0.875 bits per heavy atom. The Balaban J connectivity index is 1.41. The van der Waals surface area contributed by atoms with Crippen molar-refractivity contribution in [2.45, 2.75) is 85.4 Å². The van der Waals surface area contributed by atoms with Gasteiger partial charge in [-0.25, -0.2) is 0 Å². The summed E-state index contributed by atoms with van der Waals surface area (Å²) in [7, 11) is 0. The summed E-state index contributed by atoms with van der Waals surface area (Å²) in [6.07, 6.45) is 1.50. The van der Waals surface area contributed by atoms with Gasteiger partial charge in [-0.3, -0.25) is 4.98 Å². The van der Waals surface area contributed by atoms with Gasteiger partial charge >= 0.3 is 0 Å². The summed E-state index contributed by atoms with van der Waals surface area (Å²) in [6, 6.07) is 21.1. The van der Waals surface area contributed by atoms with E-state index in [9.17, 15) is 0 Å². The number of hydrogen-bond acceptors (Lipinski definition) is 2. The highest BCUT2D eigenvalue weighted by atomic mass is 16.3. The predicted octanol–water partition coefficient (Wildman–Crippen LogP) is 9.90. The lowest BCUT2D eigenvalue weighted by Gasteiger charge is -2.47. The van der Waals surface area contributed by atoms with Gasteiger partial charge in [0.05, 0.1) is 5.69 Å². The molecule has 0 unspecified atom stereocenters. The summed E-state index contributed by atoms with van der Waals surface area (Å²) >= 11 is 0. The lowest BCUT2D eigenvalue weighted by atomic mass is 9.55. The van der Waals surface area contributed by atoms with Crippen LogP contribution in [0.15, 0.2) is 71.3 Å². The summed E-state index contributed by atoms with van der Waals surface area (Å²) in [4.78, 5) is 4.58. The average molecular weight is 533 g/mol. The van der Waals surface area contributed by atoms with Crippen molar-refractivity contribution in [3.05, 3.63) is 100 Å². The van der Waals surface area contributed by atoms with Crippen molar-refractivity contribution in [3.63, 3.8) is 0 Å². The zero-order chi connectivity index (χ0) is 32.5. The number of rotatable bonds is 2. The van der Waals surface area contributed by atoms with Crippen molar-refractivity contribution < 1.29 is 11.3 Å². The van der Waals surface area contributed by atoms with Gasteiger partial charge in [0.2, 0.25) is 0 Å². The topological polar surface area (TPSA) is 26.0 Å². The van der Waals surface area contributed by atoms with Crippen molar-refractivity contribution in [2.24, 2.45) is 10.8 Å².